The van der Waals surface area contributed by atoms with Crippen LogP contribution in [0.2, 0.25) is 0 Å². The first-order valence-corrected chi connectivity index (χ1v) is 7.23. The molecule has 0 spiro atoms. The molecule has 1 aliphatic carbocycles. The predicted octanol–water partition coefficient (Wildman–Crippen LogP) is 3.41. The average Bonchev–Trinajstić information content (AvgIpc) is 2.85. The van der Waals surface area contributed by atoms with Crippen LogP contribution in [0.25, 0.3) is 0 Å². The van der Waals surface area contributed by atoms with Gasteiger partial charge in [-0.3, -0.25) is 4.79 Å². The number of carbonyl (C=O) groups is 1. The Bertz CT molecular complexity index is 425. The van der Waals surface area contributed by atoms with Gasteiger partial charge in [0.15, 0.2) is 0 Å². The van der Waals surface area contributed by atoms with Crippen LogP contribution in [0, 0.1) is 0 Å². The third-order valence-corrected chi connectivity index (χ3v) is 3.90. The molecular weight excluding hydrogens is 272 g/mol. The van der Waals surface area contributed by atoms with Crippen LogP contribution in [0.15, 0.2) is 24.3 Å². The Labute approximate surface area is 127 Å². The number of benzene rings is 1. The van der Waals surface area contributed by atoms with Crippen LogP contribution in [0.5, 0.6) is 0 Å². The monoisotopic (exact) mass is 296 g/mol. The van der Waals surface area contributed by atoms with Crippen LogP contribution < -0.4 is 5.73 Å². The molecule has 4 heteroatoms. The number of nitrogens with zero attached hydrogens (tertiary/aromatic N) is 1. The molecule has 0 saturated heterocycles. The van der Waals surface area contributed by atoms with Crippen LogP contribution in [0.4, 0.5) is 5.69 Å². The number of hydrogen-bond donors (Lipinski definition) is 1. The first-order chi connectivity index (χ1) is 9.08. The number of amides is 1. The van der Waals surface area contributed by atoms with E-state index in [4.69, 9.17) is 5.73 Å². The van der Waals surface area contributed by atoms with Gasteiger partial charge in [0.05, 0.1) is 6.42 Å². The van der Waals surface area contributed by atoms with Crippen molar-refractivity contribution in [1.29, 1.82) is 0 Å². The Morgan fingerprint density at radius 2 is 1.80 bits per heavy atom. The zero-order chi connectivity index (χ0) is 13.8. The molecule has 0 aliphatic heterocycles. The normalized spacial score (nSPS) is 15.2. The van der Waals surface area contributed by atoms with Gasteiger partial charge in [-0.05, 0) is 44.4 Å². The number of rotatable bonds is 4. The summed E-state index contributed by atoms with van der Waals surface area (Å²) in [5.74, 6) is 0.242. The van der Waals surface area contributed by atoms with E-state index >= 15 is 0 Å². The Balaban J connectivity index is 0.00000200. The summed E-state index contributed by atoms with van der Waals surface area (Å²) >= 11 is 0. The summed E-state index contributed by atoms with van der Waals surface area (Å²) in [6.07, 6.45) is 5.30. The van der Waals surface area contributed by atoms with Crippen molar-refractivity contribution in [3.8, 4) is 0 Å². The second kappa shape index (κ2) is 7.53. The minimum Gasteiger partial charge on any atom is -0.399 e. The van der Waals surface area contributed by atoms with Crippen LogP contribution in [-0.4, -0.2) is 22.9 Å². The SMILES string of the molecule is CC(C)N(C(=O)Cc1ccc(N)cc1)C1CCCC1.Cl. The molecule has 3 nitrogen and oxygen atoms in total. The zero-order valence-corrected chi connectivity index (χ0v) is 13.2. The molecule has 2 N–H and O–H groups in total. The Morgan fingerprint density at radius 1 is 1.25 bits per heavy atom. The lowest BCUT2D eigenvalue weighted by atomic mass is 10.1. The van der Waals surface area contributed by atoms with Gasteiger partial charge in [0, 0.05) is 17.8 Å². The lowest BCUT2D eigenvalue weighted by Crippen LogP contribution is -2.44. The van der Waals surface area contributed by atoms with E-state index in [2.05, 4.69) is 18.7 Å². The van der Waals surface area contributed by atoms with Gasteiger partial charge in [-0.15, -0.1) is 12.4 Å². The maximum atomic E-state index is 12.5. The number of nitrogen functional groups attached to an aromatic ring is 1. The van der Waals surface area contributed by atoms with Gasteiger partial charge in [-0.1, -0.05) is 25.0 Å². The fourth-order valence-corrected chi connectivity index (χ4v) is 3.00. The topological polar surface area (TPSA) is 46.3 Å². The van der Waals surface area contributed by atoms with E-state index in [-0.39, 0.29) is 24.4 Å². The standard InChI is InChI=1S/C16H24N2O.ClH/c1-12(2)18(15-5-3-4-6-15)16(19)11-13-7-9-14(17)10-8-13;/h7-10,12,15H,3-6,11,17H2,1-2H3;1H. The molecule has 1 aliphatic rings. The number of halogens is 1. The van der Waals surface area contributed by atoms with Gasteiger partial charge >= 0.3 is 0 Å². The first-order valence-electron chi connectivity index (χ1n) is 7.23. The Hall–Kier alpha value is -1.22. The van der Waals surface area contributed by atoms with Gasteiger partial charge < -0.3 is 10.6 Å². The van der Waals surface area contributed by atoms with E-state index in [9.17, 15) is 4.79 Å². The van der Waals surface area contributed by atoms with E-state index in [1.807, 2.05) is 24.3 Å². The van der Waals surface area contributed by atoms with E-state index in [1.165, 1.54) is 12.8 Å². The Kier molecular flexibility index (Phi) is 6.34. The largest absolute Gasteiger partial charge is 0.399 e. The molecule has 1 aromatic carbocycles. The summed E-state index contributed by atoms with van der Waals surface area (Å²) < 4.78 is 0. The number of carbonyl (C=O) groups excluding carboxylic acids is 1. The molecule has 0 bridgehead atoms. The van der Waals surface area contributed by atoms with Crippen molar-refractivity contribution < 1.29 is 4.79 Å². The maximum absolute atomic E-state index is 12.5. The molecule has 1 saturated carbocycles. The van der Waals surface area contributed by atoms with E-state index in [0.717, 1.165) is 24.1 Å². The highest BCUT2D eigenvalue weighted by Crippen LogP contribution is 2.25. The van der Waals surface area contributed by atoms with Crippen molar-refractivity contribution in [3.05, 3.63) is 29.8 Å². The predicted molar refractivity (Wildman–Crippen MR) is 86.0 cm³/mol. The first kappa shape index (κ1) is 16.8. The average molecular weight is 297 g/mol. The van der Waals surface area contributed by atoms with Gasteiger partial charge in [-0.2, -0.15) is 0 Å². The Morgan fingerprint density at radius 3 is 2.30 bits per heavy atom. The molecule has 1 amide bonds. The van der Waals surface area contributed by atoms with Crippen LogP contribution in [0.1, 0.15) is 45.1 Å². The zero-order valence-electron chi connectivity index (χ0n) is 12.3. The van der Waals surface area contributed by atoms with E-state index in [0.29, 0.717) is 12.5 Å². The molecule has 2 rings (SSSR count). The second-order valence-corrected chi connectivity index (χ2v) is 5.75. The maximum Gasteiger partial charge on any atom is 0.227 e. The number of nitrogens with two attached hydrogens (primary N) is 1. The van der Waals surface area contributed by atoms with Gasteiger partial charge in [0.25, 0.3) is 0 Å². The van der Waals surface area contributed by atoms with Gasteiger partial charge in [0.1, 0.15) is 0 Å². The van der Waals surface area contributed by atoms with Crippen LogP contribution in [-0.2, 0) is 11.2 Å². The number of hydrogen-bond acceptors (Lipinski definition) is 2. The highest BCUT2D eigenvalue weighted by molar-refractivity contribution is 5.85. The molecule has 0 heterocycles. The molecule has 20 heavy (non-hydrogen) atoms. The van der Waals surface area contributed by atoms with Gasteiger partial charge in [-0.25, -0.2) is 0 Å². The minimum absolute atomic E-state index is 0. The van der Waals surface area contributed by atoms with Crippen LogP contribution in [0.3, 0.4) is 0 Å². The van der Waals surface area contributed by atoms with Crippen molar-refractivity contribution in [2.75, 3.05) is 5.73 Å². The highest BCUT2D eigenvalue weighted by atomic mass is 35.5. The van der Waals surface area contributed by atoms with E-state index < -0.39 is 0 Å². The van der Waals surface area contributed by atoms with Crippen molar-refractivity contribution in [1.82, 2.24) is 4.90 Å². The summed E-state index contributed by atoms with van der Waals surface area (Å²) in [6, 6.07) is 8.34. The highest BCUT2D eigenvalue weighted by Gasteiger charge is 2.28. The summed E-state index contributed by atoms with van der Waals surface area (Å²) in [6.45, 7) is 4.22. The quantitative estimate of drug-likeness (QED) is 0.866. The van der Waals surface area contributed by atoms with Crippen LogP contribution >= 0.6 is 12.4 Å². The molecule has 0 aromatic heterocycles. The lowest BCUT2D eigenvalue weighted by Gasteiger charge is -2.33. The summed E-state index contributed by atoms with van der Waals surface area (Å²) in [7, 11) is 0. The molecular formula is C16H25ClN2O. The molecule has 0 radical (unpaired) electrons. The van der Waals surface area contributed by atoms with Crippen molar-refractivity contribution in [2.24, 2.45) is 0 Å². The summed E-state index contributed by atoms with van der Waals surface area (Å²) in [5.41, 5.74) is 7.46. The molecule has 0 unspecified atom stereocenters. The summed E-state index contributed by atoms with van der Waals surface area (Å²) in [4.78, 5) is 14.6. The van der Waals surface area contributed by atoms with Crippen molar-refractivity contribution in [2.45, 2.75) is 58.0 Å². The minimum atomic E-state index is 0. The third kappa shape index (κ3) is 4.14. The third-order valence-electron chi connectivity index (χ3n) is 3.90. The van der Waals surface area contributed by atoms with E-state index in [1.54, 1.807) is 0 Å². The van der Waals surface area contributed by atoms with Crippen molar-refractivity contribution in [3.63, 3.8) is 0 Å². The molecule has 1 fully saturated rings. The smallest absolute Gasteiger partial charge is 0.227 e. The molecule has 0 atom stereocenters. The number of anilines is 1. The second-order valence-electron chi connectivity index (χ2n) is 5.75. The lowest BCUT2D eigenvalue weighted by molar-refractivity contribution is -0.134. The van der Waals surface area contributed by atoms with Gasteiger partial charge in [0.2, 0.25) is 5.91 Å². The summed E-state index contributed by atoms with van der Waals surface area (Å²) in [5, 5.41) is 0. The molecule has 112 valence electrons. The van der Waals surface area contributed by atoms with Crippen molar-refractivity contribution >= 4 is 24.0 Å². The molecule has 1 aromatic rings. The fraction of sp³-hybridized carbons (Fsp3) is 0.562. The fourth-order valence-electron chi connectivity index (χ4n) is 3.00.